The Kier molecular flexibility index (Phi) is 170. The van der Waals surface area contributed by atoms with E-state index in [1.54, 1.807) is 0 Å². The van der Waals surface area contributed by atoms with Gasteiger partial charge in [-0.25, -0.2) is 0 Å². The van der Waals surface area contributed by atoms with Crippen molar-refractivity contribution in [3.05, 3.63) is 0 Å². The lowest BCUT2D eigenvalue weighted by Crippen LogP contribution is -1.94. The van der Waals surface area contributed by atoms with Crippen LogP contribution in [-0.2, 0) is 0 Å². The monoisotopic (exact) mass is 117 g/mol. The minimum atomic E-state index is 0. The van der Waals surface area contributed by atoms with Crippen molar-refractivity contribution >= 4 is 7.85 Å². The lowest BCUT2D eigenvalue weighted by Gasteiger charge is -1.69. The van der Waals surface area contributed by atoms with Crippen LogP contribution < -0.4 is 5.73 Å². The maximum atomic E-state index is 5.03. The standard InChI is InChI=1S/C2H8BN.3FH/c3-1-2-4;;;/h1-4H2;3*1H. The summed E-state index contributed by atoms with van der Waals surface area (Å²) in [5.41, 5.74) is 5.03. The van der Waals surface area contributed by atoms with Crippen molar-refractivity contribution in [1.29, 1.82) is 0 Å². The lowest BCUT2D eigenvalue weighted by molar-refractivity contribution is 1.11. The zero-order valence-electron chi connectivity index (χ0n) is 4.22. The number of hydrogen-bond acceptors (Lipinski definition) is 1. The van der Waals surface area contributed by atoms with Crippen molar-refractivity contribution in [3.8, 4) is 0 Å². The maximum Gasteiger partial charge on any atom is 0.102 e. The van der Waals surface area contributed by atoms with Gasteiger partial charge in [0.2, 0.25) is 0 Å². The van der Waals surface area contributed by atoms with E-state index >= 15 is 0 Å². The average Bonchev–Trinajstić information content (AvgIpc) is 1.37. The van der Waals surface area contributed by atoms with E-state index in [4.69, 9.17) is 5.73 Å². The summed E-state index contributed by atoms with van der Waals surface area (Å²) in [6.07, 6.45) is 1.10. The predicted molar refractivity (Wildman–Crippen MR) is 29.9 cm³/mol. The molecular weight excluding hydrogens is 106 g/mol. The summed E-state index contributed by atoms with van der Waals surface area (Å²) in [4.78, 5) is 0. The minimum absolute atomic E-state index is 0. The van der Waals surface area contributed by atoms with Crippen LogP contribution in [0.4, 0.5) is 14.1 Å². The van der Waals surface area contributed by atoms with E-state index in [0.717, 1.165) is 12.9 Å². The predicted octanol–water partition coefficient (Wildman–Crippen LogP) is -0.546. The highest BCUT2D eigenvalue weighted by Gasteiger charge is 1.57. The van der Waals surface area contributed by atoms with Gasteiger partial charge in [0.05, 0.1) is 0 Å². The topological polar surface area (TPSA) is 26.0 Å². The fraction of sp³-hybridized carbons (Fsp3) is 1.00. The first kappa shape index (κ1) is 29.1. The molecule has 0 spiro atoms. The maximum absolute atomic E-state index is 5.03. The molecule has 1 nitrogen and oxygen atoms in total. The van der Waals surface area contributed by atoms with Gasteiger partial charge in [-0.05, 0) is 6.54 Å². The molecule has 0 radical (unpaired) electrons. The molecule has 7 heavy (non-hydrogen) atoms. The molecule has 0 aliphatic carbocycles. The fourth-order valence-electron chi connectivity index (χ4n) is 0. The van der Waals surface area contributed by atoms with Crippen LogP contribution in [0.15, 0.2) is 0 Å². The summed E-state index contributed by atoms with van der Waals surface area (Å²) in [6, 6.07) is 0. The highest BCUT2D eigenvalue weighted by atomic mass is 19.0. The van der Waals surface area contributed by atoms with E-state index in [1.807, 2.05) is 0 Å². The molecule has 2 N–H and O–H groups in total. The van der Waals surface area contributed by atoms with Gasteiger partial charge in [0.15, 0.2) is 0 Å². The summed E-state index contributed by atoms with van der Waals surface area (Å²) in [6.45, 7) is 0.819. The van der Waals surface area contributed by atoms with Crippen LogP contribution in [0, 0.1) is 0 Å². The van der Waals surface area contributed by atoms with E-state index in [9.17, 15) is 0 Å². The van der Waals surface area contributed by atoms with Crippen molar-refractivity contribution in [2.45, 2.75) is 6.32 Å². The van der Waals surface area contributed by atoms with Crippen LogP contribution in [0.1, 0.15) is 0 Å². The molecule has 0 aromatic carbocycles. The van der Waals surface area contributed by atoms with Crippen molar-refractivity contribution in [1.82, 2.24) is 0 Å². The SMILES string of the molecule is BCCN.F.F.F. The van der Waals surface area contributed by atoms with Gasteiger partial charge in [-0.2, -0.15) is 0 Å². The first-order valence-electron chi connectivity index (χ1n) is 1.62. The second-order valence-electron chi connectivity index (χ2n) is 0.789. The van der Waals surface area contributed by atoms with Crippen LogP contribution in [0.2, 0.25) is 6.32 Å². The molecule has 0 aromatic rings. The van der Waals surface area contributed by atoms with Crippen LogP contribution in [0.25, 0.3) is 0 Å². The minimum Gasteiger partial charge on any atom is -0.331 e. The van der Waals surface area contributed by atoms with E-state index in [2.05, 4.69) is 7.85 Å². The summed E-state index contributed by atoms with van der Waals surface area (Å²) in [5.74, 6) is 0. The first-order chi connectivity index (χ1) is 1.91. The summed E-state index contributed by atoms with van der Waals surface area (Å²) in [7, 11) is 2.06. The van der Waals surface area contributed by atoms with Crippen molar-refractivity contribution in [2.75, 3.05) is 6.54 Å². The first-order valence-corrected chi connectivity index (χ1v) is 1.62. The number of halogens is 3. The summed E-state index contributed by atoms with van der Waals surface area (Å²) >= 11 is 0. The molecule has 0 aliphatic rings. The second-order valence-corrected chi connectivity index (χ2v) is 0.789. The van der Waals surface area contributed by atoms with Gasteiger partial charge in [-0.15, -0.1) is 0 Å². The third kappa shape index (κ3) is 127. The molecule has 0 amide bonds. The van der Waals surface area contributed by atoms with Crippen molar-refractivity contribution in [2.24, 2.45) is 5.73 Å². The molecule has 5 heteroatoms. The van der Waals surface area contributed by atoms with Gasteiger partial charge in [-0.3, -0.25) is 14.1 Å². The Bertz CT molecular complexity index is 14.9. The van der Waals surface area contributed by atoms with Gasteiger partial charge in [0, 0.05) is 0 Å². The van der Waals surface area contributed by atoms with E-state index in [-0.39, 0.29) is 14.1 Å². The van der Waals surface area contributed by atoms with Gasteiger partial charge in [-0.1, -0.05) is 6.32 Å². The van der Waals surface area contributed by atoms with Gasteiger partial charge in [0.25, 0.3) is 0 Å². The molecule has 0 saturated heterocycles. The molecule has 0 heterocycles. The molecule has 0 atom stereocenters. The highest BCUT2D eigenvalue weighted by Crippen LogP contribution is 1.51. The molecule has 0 bridgehead atoms. The highest BCUT2D eigenvalue weighted by molar-refractivity contribution is 6.08. The third-order valence-electron chi connectivity index (χ3n) is 0.289. The molecule has 0 fully saturated rings. The molecule has 0 aliphatic heterocycles. The largest absolute Gasteiger partial charge is 0.331 e. The number of nitrogens with two attached hydrogens (primary N) is 1. The Morgan fingerprint density at radius 3 is 1.29 bits per heavy atom. The Morgan fingerprint density at radius 1 is 1.14 bits per heavy atom. The summed E-state index contributed by atoms with van der Waals surface area (Å²) in [5, 5.41) is 0. The zero-order valence-corrected chi connectivity index (χ0v) is 4.22. The Balaban J connectivity index is -0.0000000150. The summed E-state index contributed by atoms with van der Waals surface area (Å²) < 4.78 is 0. The van der Waals surface area contributed by atoms with Crippen molar-refractivity contribution < 1.29 is 14.1 Å². The van der Waals surface area contributed by atoms with Crippen LogP contribution in [-0.4, -0.2) is 14.4 Å². The normalized spacial score (nSPS) is 4.14. The quantitative estimate of drug-likeness (QED) is 0.458. The van der Waals surface area contributed by atoms with Crippen LogP contribution in [0.5, 0.6) is 0 Å². The fourth-order valence-corrected chi connectivity index (χ4v) is 0. The Morgan fingerprint density at radius 2 is 1.29 bits per heavy atom. The van der Waals surface area contributed by atoms with E-state index < -0.39 is 0 Å². The van der Waals surface area contributed by atoms with Gasteiger partial charge < -0.3 is 5.73 Å². The Labute approximate surface area is 41.8 Å². The zero-order chi connectivity index (χ0) is 3.41. The number of rotatable bonds is 1. The number of hydrogen-bond donors (Lipinski definition) is 1. The van der Waals surface area contributed by atoms with Gasteiger partial charge >= 0.3 is 0 Å². The van der Waals surface area contributed by atoms with Gasteiger partial charge in [0.1, 0.15) is 7.85 Å². The Hall–Kier alpha value is -0.185. The van der Waals surface area contributed by atoms with Crippen LogP contribution >= 0.6 is 0 Å². The molecule has 0 rings (SSSR count). The lowest BCUT2D eigenvalue weighted by atomic mass is 10.1. The molecule has 0 unspecified atom stereocenters. The van der Waals surface area contributed by atoms with Crippen molar-refractivity contribution in [3.63, 3.8) is 0 Å². The third-order valence-corrected chi connectivity index (χ3v) is 0.289. The van der Waals surface area contributed by atoms with Crippen LogP contribution in [0.3, 0.4) is 0 Å². The smallest absolute Gasteiger partial charge is 0.102 e. The second kappa shape index (κ2) is 40.9. The molecule has 0 saturated carbocycles. The molecular formula is C2H11BF3N. The van der Waals surface area contributed by atoms with E-state index in [1.165, 1.54) is 0 Å². The molecule has 48 valence electrons. The van der Waals surface area contributed by atoms with E-state index in [0.29, 0.717) is 0 Å². The molecule has 0 aromatic heterocycles. The average molecular weight is 117 g/mol.